The topological polar surface area (TPSA) is 58.5 Å². The molecule has 0 aliphatic carbocycles. The van der Waals surface area contributed by atoms with Crippen molar-refractivity contribution in [3.05, 3.63) is 42.2 Å². The lowest BCUT2D eigenvalue weighted by Gasteiger charge is -2.13. The zero-order valence-corrected chi connectivity index (χ0v) is 12.9. The quantitative estimate of drug-likeness (QED) is 0.776. The van der Waals surface area contributed by atoms with Gasteiger partial charge in [0.25, 0.3) is 0 Å². The molecule has 0 atom stereocenters. The summed E-state index contributed by atoms with van der Waals surface area (Å²) in [5.74, 6) is 2.02. The Labute approximate surface area is 124 Å². The van der Waals surface area contributed by atoms with Gasteiger partial charge in [0.05, 0.1) is 17.6 Å². The minimum atomic E-state index is 0.0274. The van der Waals surface area contributed by atoms with Crippen molar-refractivity contribution in [2.24, 2.45) is 7.05 Å². The number of fused-ring (bicyclic) bond motifs is 1. The molecule has 0 unspecified atom stereocenters. The maximum atomic E-state index is 4.65. The molecule has 5 heteroatoms. The third-order valence-electron chi connectivity index (χ3n) is 3.56. The second kappa shape index (κ2) is 4.91. The molecule has 110 valence electrons. The average Bonchev–Trinajstić information content (AvgIpc) is 3.01. The highest BCUT2D eigenvalue weighted by Gasteiger charge is 2.18. The number of rotatable bonds is 3. The van der Waals surface area contributed by atoms with Gasteiger partial charge >= 0.3 is 0 Å². The summed E-state index contributed by atoms with van der Waals surface area (Å²) in [6.07, 6.45) is 3.76. The largest absolute Gasteiger partial charge is 0.378 e. The smallest absolute Gasteiger partial charge is 0.127 e. The number of benzene rings is 1. The molecule has 0 aliphatic rings. The number of hydrogen-bond acceptors (Lipinski definition) is 3. The maximum absolute atomic E-state index is 4.65. The molecule has 5 nitrogen and oxygen atoms in total. The van der Waals surface area contributed by atoms with Gasteiger partial charge in [-0.15, -0.1) is 0 Å². The second-order valence-corrected chi connectivity index (χ2v) is 6.38. The van der Waals surface area contributed by atoms with Crippen LogP contribution in [-0.4, -0.2) is 19.5 Å². The first-order valence-corrected chi connectivity index (χ1v) is 7.14. The summed E-state index contributed by atoms with van der Waals surface area (Å²) in [5.41, 5.74) is 3.15. The van der Waals surface area contributed by atoms with E-state index in [2.05, 4.69) is 53.2 Å². The van der Waals surface area contributed by atoms with Crippen molar-refractivity contribution < 1.29 is 0 Å². The molecule has 0 saturated heterocycles. The van der Waals surface area contributed by atoms with Crippen LogP contribution < -0.4 is 5.32 Å². The lowest BCUT2D eigenvalue weighted by atomic mass is 9.96. The van der Waals surface area contributed by atoms with Crippen LogP contribution in [0, 0.1) is 0 Å². The van der Waals surface area contributed by atoms with Crippen LogP contribution in [0.25, 0.3) is 11.0 Å². The standard InChI is InChI=1S/C16H21N5/c1-16(2,3)15-19-12-6-5-11(9-13(12)20-15)18-10-14-17-7-8-21(14)4/h5-9,18H,10H2,1-4H3,(H,19,20). The number of aromatic nitrogens is 4. The number of imidazole rings is 2. The Kier molecular flexibility index (Phi) is 3.20. The van der Waals surface area contributed by atoms with Gasteiger partial charge in [-0.05, 0) is 18.2 Å². The summed E-state index contributed by atoms with van der Waals surface area (Å²) < 4.78 is 2.01. The Bertz CT molecular complexity index is 760. The Morgan fingerprint density at radius 3 is 2.76 bits per heavy atom. The maximum Gasteiger partial charge on any atom is 0.127 e. The molecule has 21 heavy (non-hydrogen) atoms. The summed E-state index contributed by atoms with van der Waals surface area (Å²) in [6, 6.07) is 6.20. The Morgan fingerprint density at radius 2 is 2.10 bits per heavy atom. The van der Waals surface area contributed by atoms with Crippen molar-refractivity contribution in [2.45, 2.75) is 32.7 Å². The molecule has 2 aromatic heterocycles. The summed E-state index contributed by atoms with van der Waals surface area (Å²) in [7, 11) is 2.00. The molecule has 1 aromatic carbocycles. The van der Waals surface area contributed by atoms with Crippen LogP contribution in [0.4, 0.5) is 5.69 Å². The molecule has 0 saturated carbocycles. The van der Waals surface area contributed by atoms with E-state index in [0.717, 1.165) is 28.4 Å². The molecule has 0 fully saturated rings. The minimum Gasteiger partial charge on any atom is -0.378 e. The highest BCUT2D eigenvalue weighted by Crippen LogP contribution is 2.24. The number of nitrogens with one attached hydrogen (secondary N) is 2. The van der Waals surface area contributed by atoms with Gasteiger partial charge in [-0.3, -0.25) is 0 Å². The van der Waals surface area contributed by atoms with E-state index in [9.17, 15) is 0 Å². The third-order valence-corrected chi connectivity index (χ3v) is 3.56. The van der Waals surface area contributed by atoms with Crippen molar-refractivity contribution >= 4 is 16.7 Å². The Morgan fingerprint density at radius 1 is 1.29 bits per heavy atom. The van der Waals surface area contributed by atoms with E-state index in [4.69, 9.17) is 0 Å². The molecule has 3 rings (SSSR count). The monoisotopic (exact) mass is 283 g/mol. The molecule has 2 N–H and O–H groups in total. The van der Waals surface area contributed by atoms with Crippen LogP contribution in [0.3, 0.4) is 0 Å². The predicted octanol–water partition coefficient (Wildman–Crippen LogP) is 3.21. The van der Waals surface area contributed by atoms with Gasteiger partial charge in [-0.25, -0.2) is 9.97 Å². The van der Waals surface area contributed by atoms with Crippen molar-refractivity contribution in [3.63, 3.8) is 0 Å². The minimum absolute atomic E-state index is 0.0274. The first-order chi connectivity index (χ1) is 9.93. The van der Waals surface area contributed by atoms with Crippen LogP contribution in [0.5, 0.6) is 0 Å². The van der Waals surface area contributed by atoms with Crippen molar-refractivity contribution in [3.8, 4) is 0 Å². The fourth-order valence-electron chi connectivity index (χ4n) is 2.22. The van der Waals surface area contributed by atoms with Gasteiger partial charge in [0.1, 0.15) is 11.6 Å². The lowest BCUT2D eigenvalue weighted by molar-refractivity contribution is 0.554. The lowest BCUT2D eigenvalue weighted by Crippen LogP contribution is -2.12. The molecule has 0 spiro atoms. The van der Waals surface area contributed by atoms with E-state index >= 15 is 0 Å². The number of anilines is 1. The SMILES string of the molecule is Cn1ccnc1CNc1ccc2nc(C(C)(C)C)[nH]c2c1. The highest BCUT2D eigenvalue weighted by molar-refractivity contribution is 5.79. The average molecular weight is 283 g/mol. The molecular weight excluding hydrogens is 262 g/mol. The van der Waals surface area contributed by atoms with E-state index in [-0.39, 0.29) is 5.41 Å². The molecule has 3 aromatic rings. The Balaban J connectivity index is 1.82. The van der Waals surface area contributed by atoms with E-state index in [1.165, 1.54) is 0 Å². The van der Waals surface area contributed by atoms with Crippen LogP contribution in [-0.2, 0) is 19.0 Å². The van der Waals surface area contributed by atoms with Gasteiger partial charge in [0.2, 0.25) is 0 Å². The summed E-state index contributed by atoms with van der Waals surface area (Å²) in [5, 5.41) is 3.40. The van der Waals surface area contributed by atoms with Gasteiger partial charge in [0, 0.05) is 30.5 Å². The first kappa shape index (κ1) is 13.7. The predicted molar refractivity (Wildman–Crippen MR) is 85.3 cm³/mol. The van der Waals surface area contributed by atoms with Gasteiger partial charge in [0.15, 0.2) is 0 Å². The number of H-pyrrole nitrogens is 1. The molecule has 2 heterocycles. The van der Waals surface area contributed by atoms with Gasteiger partial charge in [-0.2, -0.15) is 0 Å². The normalized spacial score (nSPS) is 12.0. The Hall–Kier alpha value is -2.30. The van der Waals surface area contributed by atoms with E-state index < -0.39 is 0 Å². The molecule has 0 amide bonds. The summed E-state index contributed by atoms with van der Waals surface area (Å²) in [6.45, 7) is 7.18. The summed E-state index contributed by atoms with van der Waals surface area (Å²) in [4.78, 5) is 12.4. The van der Waals surface area contributed by atoms with Crippen LogP contribution >= 0.6 is 0 Å². The van der Waals surface area contributed by atoms with Crippen molar-refractivity contribution in [1.82, 2.24) is 19.5 Å². The molecule has 0 radical (unpaired) electrons. The van der Waals surface area contributed by atoms with Gasteiger partial charge < -0.3 is 14.9 Å². The van der Waals surface area contributed by atoms with Crippen LogP contribution in [0.2, 0.25) is 0 Å². The number of aryl methyl sites for hydroxylation is 1. The number of nitrogens with zero attached hydrogens (tertiary/aromatic N) is 3. The number of aromatic amines is 1. The molecule has 0 aliphatic heterocycles. The number of hydrogen-bond donors (Lipinski definition) is 2. The zero-order chi connectivity index (χ0) is 15.0. The molecular formula is C16H21N5. The third kappa shape index (κ3) is 2.77. The zero-order valence-electron chi connectivity index (χ0n) is 12.9. The van der Waals surface area contributed by atoms with Crippen LogP contribution in [0.15, 0.2) is 30.6 Å². The van der Waals surface area contributed by atoms with E-state index in [0.29, 0.717) is 6.54 Å². The van der Waals surface area contributed by atoms with Crippen molar-refractivity contribution in [2.75, 3.05) is 5.32 Å². The second-order valence-electron chi connectivity index (χ2n) is 6.38. The fourth-order valence-corrected chi connectivity index (χ4v) is 2.22. The highest BCUT2D eigenvalue weighted by atomic mass is 15.1. The van der Waals surface area contributed by atoms with Gasteiger partial charge in [-0.1, -0.05) is 20.8 Å². The van der Waals surface area contributed by atoms with Crippen LogP contribution in [0.1, 0.15) is 32.4 Å². The first-order valence-electron chi connectivity index (χ1n) is 7.14. The summed E-state index contributed by atoms with van der Waals surface area (Å²) >= 11 is 0. The van der Waals surface area contributed by atoms with Crippen molar-refractivity contribution in [1.29, 1.82) is 0 Å². The molecule has 0 bridgehead atoms. The van der Waals surface area contributed by atoms with E-state index in [1.807, 2.05) is 30.1 Å². The fraction of sp³-hybridized carbons (Fsp3) is 0.375. The van der Waals surface area contributed by atoms with E-state index in [1.54, 1.807) is 0 Å².